The Morgan fingerprint density at radius 3 is 2.71 bits per heavy atom. The molecule has 1 aromatic carbocycles. The van der Waals surface area contributed by atoms with Gasteiger partial charge in [-0.25, -0.2) is 18.3 Å². The van der Waals surface area contributed by atoms with Gasteiger partial charge in [-0.2, -0.15) is 0 Å². The van der Waals surface area contributed by atoms with Gasteiger partial charge in [-0.05, 0) is 12.0 Å². The van der Waals surface area contributed by atoms with Crippen LogP contribution < -0.4 is 4.72 Å². The number of nitrogens with zero attached hydrogens (tertiary/aromatic N) is 1. The number of nitrogens with one attached hydrogen (secondary N) is 1. The summed E-state index contributed by atoms with van der Waals surface area (Å²) in [5, 5.41) is 8.70. The maximum atomic E-state index is 11.6. The Bertz CT molecular complexity index is 499. The van der Waals surface area contributed by atoms with Crippen LogP contribution in [-0.2, 0) is 15.8 Å². The van der Waals surface area contributed by atoms with Crippen LogP contribution >= 0.6 is 0 Å². The molecule has 0 aromatic heterocycles. The molecule has 6 nitrogen and oxygen atoms in total. The third-order valence-electron chi connectivity index (χ3n) is 2.06. The summed E-state index contributed by atoms with van der Waals surface area (Å²) in [7, 11) is -3.39. The van der Waals surface area contributed by atoms with Crippen LogP contribution in [0.3, 0.4) is 0 Å². The summed E-state index contributed by atoms with van der Waals surface area (Å²) in [5.41, 5.74) is 0.453. The maximum Gasteiger partial charge on any atom is 0.316 e. The number of rotatable bonds is 6. The normalized spacial score (nSPS) is 11.4. The molecule has 0 amide bonds. The van der Waals surface area contributed by atoms with Crippen molar-refractivity contribution in [2.24, 2.45) is 0 Å². The fraction of sp³-hybridized carbons (Fsp3) is 0.400. The quantitative estimate of drug-likeness (QED) is 0.754. The lowest BCUT2D eigenvalue weighted by atomic mass is 10.2. The third-order valence-corrected chi connectivity index (χ3v) is 3.42. The lowest BCUT2D eigenvalue weighted by Crippen LogP contribution is -2.25. The second kappa shape index (κ2) is 5.74. The van der Waals surface area contributed by atoms with E-state index in [0.29, 0.717) is 18.5 Å². The zero-order valence-electron chi connectivity index (χ0n) is 9.46. The van der Waals surface area contributed by atoms with Gasteiger partial charge in [0.1, 0.15) is 0 Å². The number of hydrogen-bond acceptors (Lipinski definition) is 3. The summed E-state index contributed by atoms with van der Waals surface area (Å²) in [6, 6.07) is 5.82. The zero-order valence-corrected chi connectivity index (χ0v) is 10.3. The van der Waals surface area contributed by atoms with Crippen molar-refractivity contribution in [2.45, 2.75) is 19.1 Å². The molecule has 17 heavy (non-hydrogen) atoms. The van der Waals surface area contributed by atoms with E-state index < -0.39 is 10.0 Å². The Hall–Kier alpha value is -1.47. The van der Waals surface area contributed by atoms with Crippen LogP contribution in [0.5, 0.6) is 0 Å². The van der Waals surface area contributed by atoms with Gasteiger partial charge >= 0.3 is 5.69 Å². The molecule has 2 N–H and O–H groups in total. The van der Waals surface area contributed by atoms with E-state index >= 15 is 0 Å². The van der Waals surface area contributed by atoms with Gasteiger partial charge in [-0.15, -0.1) is 0 Å². The minimum atomic E-state index is -3.39. The molecule has 0 aliphatic heterocycles. The van der Waals surface area contributed by atoms with Crippen molar-refractivity contribution >= 4 is 15.7 Å². The topological polar surface area (TPSA) is 86.5 Å². The second-order valence-electron chi connectivity index (χ2n) is 3.60. The van der Waals surface area contributed by atoms with Gasteiger partial charge in [0.15, 0.2) is 0 Å². The van der Waals surface area contributed by atoms with Gasteiger partial charge in [0.25, 0.3) is 4.92 Å². The first-order chi connectivity index (χ1) is 7.94. The molecule has 0 fully saturated rings. The summed E-state index contributed by atoms with van der Waals surface area (Å²) in [4.78, 5) is 10.3. The molecule has 0 saturated carbocycles. The molecule has 0 aliphatic rings. The summed E-state index contributed by atoms with van der Waals surface area (Å²) in [6.45, 7) is 2.25. The smallest absolute Gasteiger partial charge is 0.241 e. The van der Waals surface area contributed by atoms with Crippen LogP contribution in [0.1, 0.15) is 18.9 Å². The molecule has 0 bridgehead atoms. The number of benzene rings is 1. The molecule has 0 atom stereocenters. The first-order valence-corrected chi connectivity index (χ1v) is 6.82. The van der Waals surface area contributed by atoms with E-state index in [1.807, 2.05) is 6.92 Å². The van der Waals surface area contributed by atoms with Crippen molar-refractivity contribution < 1.29 is 18.5 Å². The van der Waals surface area contributed by atoms with Gasteiger partial charge in [-0.1, -0.05) is 19.1 Å². The predicted octanol–water partition coefficient (Wildman–Crippen LogP) is 1.32. The molecule has 0 aliphatic carbocycles. The van der Waals surface area contributed by atoms with E-state index in [4.69, 9.17) is 5.21 Å². The molecule has 0 unspecified atom stereocenters. The van der Waals surface area contributed by atoms with Crippen LogP contribution in [0.2, 0.25) is 0 Å². The Morgan fingerprint density at radius 1 is 1.41 bits per heavy atom. The van der Waals surface area contributed by atoms with E-state index in [1.54, 1.807) is 6.07 Å². The standard InChI is InChI=1S/C10H15N2O4S/c1-2-6-11-17(15,16)8-9-4-3-5-10(7-9)12(13)14/h3-5,7,11H,2,6,8H2,1H3,(H,13,14)/q+1. The Kier molecular flexibility index (Phi) is 4.59. The van der Waals surface area contributed by atoms with Crippen molar-refractivity contribution in [2.75, 3.05) is 6.54 Å². The molecule has 94 valence electrons. The van der Waals surface area contributed by atoms with E-state index in [2.05, 4.69) is 4.72 Å². The minimum absolute atomic E-state index is 0.00758. The number of sulfonamides is 1. The average Bonchev–Trinajstić information content (AvgIpc) is 2.26. The molecule has 7 heteroatoms. The monoisotopic (exact) mass is 259 g/mol. The average molecular weight is 259 g/mol. The van der Waals surface area contributed by atoms with Gasteiger partial charge < -0.3 is 0 Å². The summed E-state index contributed by atoms with van der Waals surface area (Å²) in [6.07, 6.45) is 0.713. The SMILES string of the molecule is CCCNS(=O)(=O)Cc1cccc([N+](=O)O)c1. The molecule has 1 aromatic rings. The molecule has 0 heterocycles. The Balaban J connectivity index is 2.81. The molecule has 0 spiro atoms. The van der Waals surface area contributed by atoms with E-state index in [0.717, 1.165) is 0 Å². The highest BCUT2D eigenvalue weighted by Crippen LogP contribution is 2.14. The van der Waals surface area contributed by atoms with Crippen LogP contribution in [0.15, 0.2) is 24.3 Å². The van der Waals surface area contributed by atoms with Crippen LogP contribution in [0.4, 0.5) is 5.69 Å². The lowest BCUT2D eigenvalue weighted by Gasteiger charge is -2.04. The second-order valence-corrected chi connectivity index (χ2v) is 5.40. The van der Waals surface area contributed by atoms with E-state index in [-0.39, 0.29) is 16.4 Å². The highest BCUT2D eigenvalue weighted by molar-refractivity contribution is 7.88. The fourth-order valence-electron chi connectivity index (χ4n) is 1.29. The molecular weight excluding hydrogens is 244 g/mol. The first-order valence-electron chi connectivity index (χ1n) is 5.17. The van der Waals surface area contributed by atoms with Gasteiger partial charge in [0.2, 0.25) is 10.0 Å². The van der Waals surface area contributed by atoms with Crippen molar-refractivity contribution in [1.29, 1.82) is 0 Å². The van der Waals surface area contributed by atoms with Crippen LogP contribution in [0, 0.1) is 4.91 Å². The van der Waals surface area contributed by atoms with Gasteiger partial charge in [0.05, 0.1) is 10.7 Å². The maximum absolute atomic E-state index is 11.6. The molecule has 0 radical (unpaired) electrons. The number of hydrogen-bond donors (Lipinski definition) is 2. The largest absolute Gasteiger partial charge is 0.316 e. The molecule has 0 saturated heterocycles. The summed E-state index contributed by atoms with van der Waals surface area (Å²) >= 11 is 0. The van der Waals surface area contributed by atoms with Gasteiger partial charge in [0, 0.05) is 18.7 Å². The van der Waals surface area contributed by atoms with E-state index in [1.165, 1.54) is 18.2 Å². The van der Waals surface area contributed by atoms with Crippen molar-refractivity contribution in [1.82, 2.24) is 4.72 Å². The van der Waals surface area contributed by atoms with Crippen molar-refractivity contribution in [3.8, 4) is 0 Å². The van der Waals surface area contributed by atoms with Crippen molar-refractivity contribution in [3.05, 3.63) is 34.7 Å². The highest BCUT2D eigenvalue weighted by atomic mass is 32.2. The Labute approximate surface area is 99.9 Å². The summed E-state index contributed by atoms with van der Waals surface area (Å²) < 4.78 is 25.6. The van der Waals surface area contributed by atoms with Crippen LogP contribution in [0.25, 0.3) is 0 Å². The van der Waals surface area contributed by atoms with Crippen molar-refractivity contribution in [3.63, 3.8) is 0 Å². The first kappa shape index (κ1) is 13.6. The lowest BCUT2D eigenvalue weighted by molar-refractivity contribution is -0.729. The molecular formula is C10H15N2O4S+. The Morgan fingerprint density at radius 2 is 2.12 bits per heavy atom. The third kappa shape index (κ3) is 4.49. The van der Waals surface area contributed by atoms with Gasteiger partial charge in [-0.3, -0.25) is 0 Å². The zero-order chi connectivity index (χ0) is 12.9. The minimum Gasteiger partial charge on any atom is -0.241 e. The summed E-state index contributed by atoms with van der Waals surface area (Å²) in [5.74, 6) is -0.214. The predicted molar refractivity (Wildman–Crippen MR) is 62.4 cm³/mol. The fourth-order valence-corrected chi connectivity index (χ4v) is 2.53. The van der Waals surface area contributed by atoms with Crippen LogP contribution in [-0.4, -0.2) is 25.1 Å². The molecule has 1 rings (SSSR count). The highest BCUT2D eigenvalue weighted by Gasteiger charge is 2.15. The van der Waals surface area contributed by atoms with E-state index in [9.17, 15) is 13.3 Å².